The zero-order valence-corrected chi connectivity index (χ0v) is 11.7. The number of aryl methyl sites for hydroxylation is 1. The number of rotatable bonds is 6. The first kappa shape index (κ1) is 14.3. The summed E-state index contributed by atoms with van der Waals surface area (Å²) in [5.41, 5.74) is 1.26. The predicted octanol–water partition coefficient (Wildman–Crippen LogP) is 2.27. The average Bonchev–Trinajstić information content (AvgIpc) is 2.95. The Morgan fingerprint density at radius 1 is 1.35 bits per heavy atom. The number of nitrogens with zero attached hydrogens (tertiary/aromatic N) is 2. The number of amides is 1. The first-order chi connectivity index (χ1) is 9.70. The van der Waals surface area contributed by atoms with Gasteiger partial charge in [-0.25, -0.2) is 4.98 Å². The minimum absolute atomic E-state index is 0.123. The number of furan rings is 1. The van der Waals surface area contributed by atoms with Crippen LogP contribution < -0.4 is 0 Å². The molecule has 0 aliphatic carbocycles. The molecule has 0 spiro atoms. The van der Waals surface area contributed by atoms with Crippen LogP contribution in [0.25, 0.3) is 0 Å². The van der Waals surface area contributed by atoms with E-state index in [9.17, 15) is 4.79 Å². The second-order valence-electron chi connectivity index (χ2n) is 4.46. The van der Waals surface area contributed by atoms with Crippen LogP contribution in [0.2, 0.25) is 0 Å². The lowest BCUT2D eigenvalue weighted by atomic mass is 10.2. The average molecular weight is 274 g/mol. The number of pyridine rings is 1. The zero-order chi connectivity index (χ0) is 14.4. The molecule has 0 atom stereocenters. The van der Waals surface area contributed by atoms with Crippen LogP contribution in [0.1, 0.15) is 21.9 Å². The van der Waals surface area contributed by atoms with Gasteiger partial charge in [0.25, 0.3) is 5.91 Å². The quantitative estimate of drug-likeness (QED) is 0.811. The van der Waals surface area contributed by atoms with Crippen LogP contribution in [0.15, 0.2) is 41.0 Å². The minimum Gasteiger partial charge on any atom is -0.467 e. The molecule has 0 bridgehead atoms. The fourth-order valence-electron chi connectivity index (χ4n) is 1.87. The van der Waals surface area contributed by atoms with E-state index in [1.54, 1.807) is 30.4 Å². The van der Waals surface area contributed by atoms with E-state index in [-0.39, 0.29) is 5.91 Å². The lowest BCUT2D eigenvalue weighted by Gasteiger charge is -2.21. The molecule has 0 aliphatic rings. The van der Waals surface area contributed by atoms with E-state index in [4.69, 9.17) is 9.15 Å². The molecule has 0 N–H and O–H groups in total. The monoisotopic (exact) mass is 274 g/mol. The normalized spacial score (nSPS) is 10.5. The van der Waals surface area contributed by atoms with Crippen molar-refractivity contribution in [1.82, 2.24) is 9.88 Å². The van der Waals surface area contributed by atoms with Crippen LogP contribution in [0.3, 0.4) is 0 Å². The summed E-state index contributed by atoms with van der Waals surface area (Å²) in [7, 11) is 1.61. The van der Waals surface area contributed by atoms with Gasteiger partial charge in [-0.05, 0) is 31.2 Å². The van der Waals surface area contributed by atoms with Crippen molar-refractivity contribution in [2.45, 2.75) is 13.5 Å². The molecular weight excluding hydrogens is 256 g/mol. The molecule has 2 heterocycles. The molecular formula is C15H18N2O3. The Bertz CT molecular complexity index is 552. The molecule has 0 fully saturated rings. The van der Waals surface area contributed by atoms with E-state index in [0.717, 1.165) is 11.5 Å². The second kappa shape index (κ2) is 6.86. The highest BCUT2D eigenvalue weighted by molar-refractivity contribution is 5.92. The maximum absolute atomic E-state index is 12.5. The Kier molecular flexibility index (Phi) is 4.90. The molecule has 0 saturated carbocycles. The highest BCUT2D eigenvalue weighted by Crippen LogP contribution is 2.10. The van der Waals surface area contributed by atoms with Gasteiger partial charge in [0, 0.05) is 19.3 Å². The second-order valence-corrected chi connectivity index (χ2v) is 4.46. The molecule has 2 aromatic heterocycles. The Hall–Kier alpha value is -2.14. The van der Waals surface area contributed by atoms with E-state index in [1.807, 2.05) is 25.1 Å². The van der Waals surface area contributed by atoms with Crippen molar-refractivity contribution < 1.29 is 13.9 Å². The third-order valence-corrected chi connectivity index (χ3v) is 2.89. The van der Waals surface area contributed by atoms with E-state index < -0.39 is 0 Å². The number of carbonyl (C=O) groups excluding carboxylic acids is 1. The highest BCUT2D eigenvalue weighted by Gasteiger charge is 2.18. The van der Waals surface area contributed by atoms with E-state index in [1.165, 1.54) is 0 Å². The topological polar surface area (TPSA) is 55.6 Å². The fraction of sp³-hybridized carbons (Fsp3) is 0.333. The van der Waals surface area contributed by atoms with E-state index in [0.29, 0.717) is 25.4 Å². The van der Waals surface area contributed by atoms with Gasteiger partial charge >= 0.3 is 0 Å². The first-order valence-corrected chi connectivity index (χ1v) is 6.45. The van der Waals surface area contributed by atoms with Crippen molar-refractivity contribution in [1.29, 1.82) is 0 Å². The Balaban J connectivity index is 2.14. The molecule has 5 heteroatoms. The summed E-state index contributed by atoms with van der Waals surface area (Å²) in [6.45, 7) is 3.23. The van der Waals surface area contributed by atoms with Crippen molar-refractivity contribution in [2.75, 3.05) is 20.3 Å². The van der Waals surface area contributed by atoms with Gasteiger partial charge in [-0.2, -0.15) is 0 Å². The third-order valence-electron chi connectivity index (χ3n) is 2.89. The highest BCUT2D eigenvalue weighted by atomic mass is 16.5. The van der Waals surface area contributed by atoms with Gasteiger partial charge < -0.3 is 14.1 Å². The summed E-state index contributed by atoms with van der Waals surface area (Å²) in [6.07, 6.45) is 1.60. The SMILES string of the molecule is COCCN(Cc1ccco1)C(=O)c1cccc(C)n1. The minimum atomic E-state index is -0.123. The molecule has 2 aromatic rings. The standard InChI is InChI=1S/C15H18N2O3/c1-12-5-3-7-14(16-12)15(18)17(8-10-19-2)11-13-6-4-9-20-13/h3-7,9H,8,10-11H2,1-2H3. The first-order valence-electron chi connectivity index (χ1n) is 6.45. The summed E-state index contributed by atoms with van der Waals surface area (Å²) < 4.78 is 10.4. The van der Waals surface area contributed by atoms with Crippen molar-refractivity contribution in [2.24, 2.45) is 0 Å². The summed E-state index contributed by atoms with van der Waals surface area (Å²) in [4.78, 5) is 18.4. The fourth-order valence-corrected chi connectivity index (χ4v) is 1.87. The number of hydrogen-bond acceptors (Lipinski definition) is 4. The van der Waals surface area contributed by atoms with Crippen LogP contribution in [0, 0.1) is 6.92 Å². The molecule has 0 unspecified atom stereocenters. The molecule has 106 valence electrons. The smallest absolute Gasteiger partial charge is 0.272 e. The van der Waals surface area contributed by atoms with E-state index >= 15 is 0 Å². The van der Waals surface area contributed by atoms with Crippen molar-refractivity contribution in [3.8, 4) is 0 Å². The third kappa shape index (κ3) is 3.68. The van der Waals surface area contributed by atoms with Crippen LogP contribution in [-0.2, 0) is 11.3 Å². The Labute approximate surface area is 118 Å². The van der Waals surface area contributed by atoms with Gasteiger partial charge in [0.2, 0.25) is 0 Å². The van der Waals surface area contributed by atoms with Gasteiger partial charge in [0.1, 0.15) is 11.5 Å². The molecule has 20 heavy (non-hydrogen) atoms. The molecule has 0 radical (unpaired) electrons. The van der Waals surface area contributed by atoms with Gasteiger partial charge in [-0.1, -0.05) is 6.07 Å². The van der Waals surface area contributed by atoms with Crippen LogP contribution in [0.5, 0.6) is 0 Å². The van der Waals surface area contributed by atoms with Crippen molar-refractivity contribution >= 4 is 5.91 Å². The van der Waals surface area contributed by atoms with Crippen molar-refractivity contribution in [3.63, 3.8) is 0 Å². The largest absolute Gasteiger partial charge is 0.467 e. The predicted molar refractivity (Wildman–Crippen MR) is 74.3 cm³/mol. The summed E-state index contributed by atoms with van der Waals surface area (Å²) in [5, 5.41) is 0. The molecule has 0 saturated heterocycles. The summed E-state index contributed by atoms with van der Waals surface area (Å²) >= 11 is 0. The Morgan fingerprint density at radius 3 is 2.85 bits per heavy atom. The van der Waals surface area contributed by atoms with Crippen molar-refractivity contribution in [3.05, 3.63) is 53.7 Å². The van der Waals surface area contributed by atoms with Crippen LogP contribution >= 0.6 is 0 Å². The number of aromatic nitrogens is 1. The number of methoxy groups -OCH3 is 1. The molecule has 2 rings (SSSR count). The van der Waals surface area contributed by atoms with Gasteiger partial charge in [0.15, 0.2) is 0 Å². The van der Waals surface area contributed by atoms with E-state index in [2.05, 4.69) is 4.98 Å². The van der Waals surface area contributed by atoms with Gasteiger partial charge in [-0.3, -0.25) is 4.79 Å². The maximum Gasteiger partial charge on any atom is 0.272 e. The summed E-state index contributed by atoms with van der Waals surface area (Å²) in [5.74, 6) is 0.615. The number of ether oxygens (including phenoxy) is 1. The zero-order valence-electron chi connectivity index (χ0n) is 11.7. The van der Waals surface area contributed by atoms with Gasteiger partial charge in [-0.15, -0.1) is 0 Å². The van der Waals surface area contributed by atoms with Crippen LogP contribution in [0.4, 0.5) is 0 Å². The molecule has 5 nitrogen and oxygen atoms in total. The lowest BCUT2D eigenvalue weighted by molar-refractivity contribution is 0.0660. The molecule has 0 aromatic carbocycles. The maximum atomic E-state index is 12.5. The lowest BCUT2D eigenvalue weighted by Crippen LogP contribution is -2.34. The number of hydrogen-bond donors (Lipinski definition) is 0. The number of carbonyl (C=O) groups is 1. The summed E-state index contributed by atoms with van der Waals surface area (Å²) in [6, 6.07) is 9.06. The van der Waals surface area contributed by atoms with Crippen LogP contribution in [-0.4, -0.2) is 36.1 Å². The molecule has 1 amide bonds. The Morgan fingerprint density at radius 2 is 2.20 bits per heavy atom. The molecule has 0 aliphatic heterocycles. The van der Waals surface area contributed by atoms with Gasteiger partial charge in [0.05, 0.1) is 19.4 Å².